The maximum Gasteiger partial charge on any atom is 0.159 e. The summed E-state index contributed by atoms with van der Waals surface area (Å²) in [5, 5.41) is 8.64. The fourth-order valence-corrected chi connectivity index (χ4v) is 9.19. The molecule has 12 rings (SSSR count). The Morgan fingerprint density at radius 3 is 1.66 bits per heavy atom. The van der Waals surface area contributed by atoms with Gasteiger partial charge in [-0.25, -0.2) is 9.98 Å². The molecule has 2 aliphatic rings. The maximum absolute atomic E-state index is 5.21. The molecule has 4 heteroatoms. The van der Waals surface area contributed by atoms with Crippen LogP contribution in [-0.4, -0.2) is 16.7 Å². The second-order valence-electron chi connectivity index (χ2n) is 16.0. The molecular formula is C58H38N4. The fraction of sp³-hybridized carbons (Fsp3) is 0.0172. The van der Waals surface area contributed by atoms with Gasteiger partial charge in [-0.1, -0.05) is 188 Å². The lowest BCUT2D eigenvalue weighted by atomic mass is 9.92. The van der Waals surface area contributed by atoms with Crippen molar-refractivity contribution in [2.24, 2.45) is 9.98 Å². The molecule has 0 radical (unpaired) electrons. The van der Waals surface area contributed by atoms with Gasteiger partial charge in [0.25, 0.3) is 0 Å². The number of nitrogens with one attached hydrogen (secondary N) is 1. The standard InChI is InChI=1S/C58H38N4/c1-3-12-41(13-4-1)56-60-57(42-14-5-2-6-15-42)62-58(61-56)47-33-45(32-46(34-47)38-24-28-40(29-25-38)54-35-43-16-7-8-17-44(43)36-59-54)37-22-26-39(27-23-37)48-30-31-53-50-19-10-9-18-49(50)52-21-11-20-51(48)55(52)53/h1-36,56H,(H,60,61,62). The average molecular weight is 791 g/mol. The van der Waals surface area contributed by atoms with Gasteiger partial charge in [0.05, 0.1) is 5.69 Å². The topological polar surface area (TPSA) is 49.6 Å². The SMILES string of the molecule is c1ccc(C2=NC(c3ccccc3)NC(c3cc(-c4ccc(-c5cc6ccccc6cn5)cc4)cc(-c4ccc(-c5ccc6c7c(cccc57)-c5ccccc5-6)cc4)c3)=N2)cc1. The van der Waals surface area contributed by atoms with E-state index >= 15 is 0 Å². The van der Waals surface area contributed by atoms with E-state index in [1.165, 1.54) is 49.5 Å². The zero-order valence-electron chi connectivity index (χ0n) is 33.7. The van der Waals surface area contributed by atoms with Gasteiger partial charge in [-0.05, 0) is 102 Å². The number of rotatable bonds is 7. The molecule has 0 saturated heterocycles. The van der Waals surface area contributed by atoms with Crippen molar-refractivity contribution in [1.82, 2.24) is 10.3 Å². The monoisotopic (exact) mass is 790 g/mol. The van der Waals surface area contributed by atoms with Gasteiger partial charge in [0.1, 0.15) is 12.0 Å². The Bertz CT molecular complexity index is 3380. The number of benzene rings is 9. The van der Waals surface area contributed by atoms with E-state index in [9.17, 15) is 0 Å². The Hall–Kier alpha value is -8.21. The number of hydrogen-bond acceptors (Lipinski definition) is 4. The molecule has 9 aromatic carbocycles. The molecule has 0 fully saturated rings. The summed E-state index contributed by atoms with van der Waals surface area (Å²) in [4.78, 5) is 15.1. The fourth-order valence-electron chi connectivity index (χ4n) is 9.19. The highest BCUT2D eigenvalue weighted by molar-refractivity contribution is 6.19. The van der Waals surface area contributed by atoms with Crippen molar-refractivity contribution in [3.63, 3.8) is 0 Å². The number of aromatic nitrogens is 1. The average Bonchev–Trinajstić information content (AvgIpc) is 3.69. The van der Waals surface area contributed by atoms with Crippen LogP contribution >= 0.6 is 0 Å². The highest BCUT2D eigenvalue weighted by Gasteiger charge is 2.24. The molecule has 1 N–H and O–H groups in total. The number of nitrogens with zero attached hydrogens (tertiary/aromatic N) is 3. The number of aliphatic imine (C=N–C) groups is 2. The number of pyridine rings is 1. The summed E-state index contributed by atoms with van der Waals surface area (Å²) in [5.41, 5.74) is 17.2. The largest absolute Gasteiger partial charge is 0.344 e. The van der Waals surface area contributed by atoms with Gasteiger partial charge in [0.15, 0.2) is 5.84 Å². The lowest BCUT2D eigenvalue weighted by Gasteiger charge is -2.24. The first kappa shape index (κ1) is 35.7. The number of fused-ring (bicyclic) bond motifs is 4. The van der Waals surface area contributed by atoms with Crippen molar-refractivity contribution >= 4 is 33.2 Å². The van der Waals surface area contributed by atoms with Crippen LogP contribution in [0.2, 0.25) is 0 Å². The third kappa shape index (κ3) is 6.29. The van der Waals surface area contributed by atoms with Crippen molar-refractivity contribution in [3.05, 3.63) is 235 Å². The minimum absolute atomic E-state index is 0.301. The van der Waals surface area contributed by atoms with Crippen LogP contribution in [0.1, 0.15) is 22.9 Å². The quantitative estimate of drug-likeness (QED) is 0.175. The van der Waals surface area contributed by atoms with Crippen LogP contribution in [0.3, 0.4) is 0 Å². The molecule has 1 aliphatic carbocycles. The van der Waals surface area contributed by atoms with Gasteiger partial charge in [-0.3, -0.25) is 4.98 Å². The molecule has 0 saturated carbocycles. The van der Waals surface area contributed by atoms with E-state index in [1.807, 2.05) is 30.5 Å². The Kier molecular flexibility index (Phi) is 8.53. The molecule has 10 aromatic rings. The molecule has 0 bridgehead atoms. The van der Waals surface area contributed by atoms with Crippen LogP contribution in [0, 0.1) is 0 Å². The summed E-state index contributed by atoms with van der Waals surface area (Å²) in [6.45, 7) is 0. The Balaban J connectivity index is 0.960. The Labute approximate surface area is 360 Å². The van der Waals surface area contributed by atoms with Crippen LogP contribution in [0.15, 0.2) is 229 Å². The first-order valence-electron chi connectivity index (χ1n) is 21.1. The second kappa shape index (κ2) is 14.8. The van der Waals surface area contributed by atoms with Crippen molar-refractivity contribution in [2.45, 2.75) is 6.17 Å². The minimum atomic E-state index is -0.301. The van der Waals surface area contributed by atoms with Gasteiger partial charge in [-0.15, -0.1) is 0 Å². The smallest absolute Gasteiger partial charge is 0.159 e. The normalized spacial score (nSPS) is 14.0. The summed E-state index contributed by atoms with van der Waals surface area (Å²) in [7, 11) is 0. The lowest BCUT2D eigenvalue weighted by molar-refractivity contribution is 0.674. The summed E-state index contributed by atoms with van der Waals surface area (Å²) >= 11 is 0. The van der Waals surface area contributed by atoms with E-state index in [2.05, 4.69) is 193 Å². The molecule has 0 spiro atoms. The molecule has 1 unspecified atom stereocenters. The summed E-state index contributed by atoms with van der Waals surface area (Å²) in [5.74, 6) is 1.48. The summed E-state index contributed by atoms with van der Waals surface area (Å²) in [6.07, 6.45) is 1.65. The molecular weight excluding hydrogens is 753 g/mol. The molecule has 1 aliphatic heterocycles. The number of hydrogen-bond donors (Lipinski definition) is 1. The molecule has 2 heterocycles. The third-order valence-corrected chi connectivity index (χ3v) is 12.3. The van der Waals surface area contributed by atoms with Crippen molar-refractivity contribution in [3.8, 4) is 66.9 Å². The second-order valence-corrected chi connectivity index (χ2v) is 16.0. The Morgan fingerprint density at radius 1 is 0.371 bits per heavy atom. The van der Waals surface area contributed by atoms with Crippen LogP contribution in [-0.2, 0) is 0 Å². The van der Waals surface area contributed by atoms with Gasteiger partial charge >= 0.3 is 0 Å². The maximum atomic E-state index is 5.21. The van der Waals surface area contributed by atoms with Crippen LogP contribution in [0.5, 0.6) is 0 Å². The summed E-state index contributed by atoms with van der Waals surface area (Å²) in [6, 6.07) is 75.8. The van der Waals surface area contributed by atoms with Crippen LogP contribution in [0.25, 0.3) is 88.4 Å². The predicted octanol–water partition coefficient (Wildman–Crippen LogP) is 14.2. The van der Waals surface area contributed by atoms with Crippen molar-refractivity contribution < 1.29 is 0 Å². The van der Waals surface area contributed by atoms with E-state index in [0.717, 1.165) is 61.4 Å². The first-order valence-corrected chi connectivity index (χ1v) is 21.1. The molecule has 290 valence electrons. The van der Waals surface area contributed by atoms with E-state index in [-0.39, 0.29) is 6.17 Å². The molecule has 1 aromatic heterocycles. The highest BCUT2D eigenvalue weighted by Crippen LogP contribution is 2.49. The van der Waals surface area contributed by atoms with Crippen LogP contribution in [0.4, 0.5) is 0 Å². The molecule has 4 nitrogen and oxygen atoms in total. The first-order chi connectivity index (χ1) is 30.7. The number of amidine groups is 2. The van der Waals surface area contributed by atoms with E-state index in [1.54, 1.807) is 0 Å². The van der Waals surface area contributed by atoms with Crippen molar-refractivity contribution in [1.29, 1.82) is 0 Å². The zero-order chi connectivity index (χ0) is 41.0. The lowest BCUT2D eigenvalue weighted by Crippen LogP contribution is -2.33. The van der Waals surface area contributed by atoms with Gasteiger partial charge < -0.3 is 5.32 Å². The minimum Gasteiger partial charge on any atom is -0.344 e. The third-order valence-electron chi connectivity index (χ3n) is 12.3. The highest BCUT2D eigenvalue weighted by atomic mass is 15.2. The van der Waals surface area contributed by atoms with E-state index in [4.69, 9.17) is 15.0 Å². The molecule has 62 heavy (non-hydrogen) atoms. The van der Waals surface area contributed by atoms with Crippen molar-refractivity contribution in [2.75, 3.05) is 0 Å². The zero-order valence-corrected chi connectivity index (χ0v) is 33.7. The van der Waals surface area contributed by atoms with E-state index in [0.29, 0.717) is 5.84 Å². The van der Waals surface area contributed by atoms with Gasteiger partial charge in [0.2, 0.25) is 0 Å². The summed E-state index contributed by atoms with van der Waals surface area (Å²) < 4.78 is 0. The van der Waals surface area contributed by atoms with Gasteiger partial charge in [-0.2, -0.15) is 0 Å². The Morgan fingerprint density at radius 2 is 0.935 bits per heavy atom. The molecule has 1 atom stereocenters. The van der Waals surface area contributed by atoms with Gasteiger partial charge in [0, 0.05) is 28.3 Å². The van der Waals surface area contributed by atoms with E-state index < -0.39 is 0 Å². The van der Waals surface area contributed by atoms with Crippen LogP contribution < -0.4 is 5.32 Å². The predicted molar refractivity (Wildman–Crippen MR) is 257 cm³/mol. The molecule has 0 amide bonds.